The maximum absolute atomic E-state index is 11.3. The summed E-state index contributed by atoms with van der Waals surface area (Å²) in [4.78, 5) is 11.3. The van der Waals surface area contributed by atoms with Crippen LogP contribution >= 0.6 is 15.9 Å². The number of halogens is 1. The second-order valence-corrected chi connectivity index (χ2v) is 4.75. The van der Waals surface area contributed by atoms with Crippen LogP contribution in [0.1, 0.15) is 11.1 Å². The first-order valence-corrected chi connectivity index (χ1v) is 5.43. The SMILES string of the molecule is Cc1ccc(Br)cc1C1(C(=O)O)COC1. The second kappa shape index (κ2) is 3.61. The number of carboxylic acid groups (broad SMARTS) is 1. The third kappa shape index (κ3) is 1.58. The fourth-order valence-electron chi connectivity index (χ4n) is 1.81. The van der Waals surface area contributed by atoms with E-state index in [4.69, 9.17) is 4.74 Å². The van der Waals surface area contributed by atoms with Crippen molar-refractivity contribution in [1.82, 2.24) is 0 Å². The number of benzene rings is 1. The van der Waals surface area contributed by atoms with Crippen molar-refractivity contribution in [2.24, 2.45) is 0 Å². The lowest BCUT2D eigenvalue weighted by atomic mass is 9.77. The molecule has 0 saturated carbocycles. The average molecular weight is 271 g/mol. The van der Waals surface area contributed by atoms with Crippen molar-refractivity contribution in [3.05, 3.63) is 33.8 Å². The summed E-state index contributed by atoms with van der Waals surface area (Å²) in [6.45, 7) is 2.45. The number of aliphatic carboxylic acids is 1. The molecule has 0 amide bonds. The minimum atomic E-state index is -0.839. The largest absolute Gasteiger partial charge is 0.480 e. The van der Waals surface area contributed by atoms with Crippen molar-refractivity contribution in [2.75, 3.05) is 13.2 Å². The maximum Gasteiger partial charge on any atom is 0.318 e. The molecule has 2 rings (SSSR count). The van der Waals surface area contributed by atoms with Gasteiger partial charge in [0.15, 0.2) is 0 Å². The van der Waals surface area contributed by atoms with Gasteiger partial charge in [0.1, 0.15) is 5.41 Å². The van der Waals surface area contributed by atoms with Crippen LogP contribution in [-0.4, -0.2) is 24.3 Å². The molecule has 80 valence electrons. The molecule has 1 aliphatic rings. The maximum atomic E-state index is 11.3. The van der Waals surface area contributed by atoms with E-state index in [2.05, 4.69) is 15.9 Å². The smallest absolute Gasteiger partial charge is 0.318 e. The number of rotatable bonds is 2. The van der Waals surface area contributed by atoms with Gasteiger partial charge in [-0.15, -0.1) is 0 Å². The van der Waals surface area contributed by atoms with E-state index in [1.807, 2.05) is 25.1 Å². The minimum absolute atomic E-state index is 0.264. The number of aryl methyl sites for hydroxylation is 1. The Labute approximate surface area is 96.2 Å². The predicted molar refractivity (Wildman–Crippen MR) is 59.0 cm³/mol. The molecule has 0 aliphatic carbocycles. The lowest BCUT2D eigenvalue weighted by molar-refractivity contribution is -0.163. The molecule has 0 radical (unpaired) electrons. The summed E-state index contributed by atoms with van der Waals surface area (Å²) >= 11 is 3.36. The summed E-state index contributed by atoms with van der Waals surface area (Å²) in [5.41, 5.74) is 0.993. The summed E-state index contributed by atoms with van der Waals surface area (Å²) in [6.07, 6.45) is 0. The zero-order valence-corrected chi connectivity index (χ0v) is 9.87. The molecule has 3 nitrogen and oxygen atoms in total. The van der Waals surface area contributed by atoms with E-state index in [-0.39, 0.29) is 13.2 Å². The van der Waals surface area contributed by atoms with Crippen LogP contribution in [0.3, 0.4) is 0 Å². The minimum Gasteiger partial charge on any atom is -0.480 e. The summed E-state index contributed by atoms with van der Waals surface area (Å²) in [5.74, 6) is -0.810. The van der Waals surface area contributed by atoms with Crippen LogP contribution in [0.5, 0.6) is 0 Å². The van der Waals surface area contributed by atoms with Crippen molar-refractivity contribution >= 4 is 21.9 Å². The highest BCUT2D eigenvalue weighted by molar-refractivity contribution is 9.10. The topological polar surface area (TPSA) is 46.5 Å². The van der Waals surface area contributed by atoms with E-state index in [0.29, 0.717) is 0 Å². The van der Waals surface area contributed by atoms with Gasteiger partial charge in [0.05, 0.1) is 13.2 Å². The van der Waals surface area contributed by atoms with Gasteiger partial charge >= 0.3 is 5.97 Å². The van der Waals surface area contributed by atoms with Gasteiger partial charge in [-0.05, 0) is 30.2 Å². The Kier molecular flexibility index (Phi) is 2.56. The van der Waals surface area contributed by atoms with E-state index in [1.54, 1.807) is 0 Å². The van der Waals surface area contributed by atoms with Gasteiger partial charge in [0.25, 0.3) is 0 Å². The van der Waals surface area contributed by atoms with Gasteiger partial charge in [-0.2, -0.15) is 0 Å². The third-order valence-corrected chi connectivity index (χ3v) is 3.31. The Balaban J connectivity index is 2.51. The normalized spacial score (nSPS) is 18.3. The van der Waals surface area contributed by atoms with Crippen LogP contribution in [0.25, 0.3) is 0 Å². The van der Waals surface area contributed by atoms with Gasteiger partial charge in [0.2, 0.25) is 0 Å². The Morgan fingerprint density at radius 3 is 2.67 bits per heavy atom. The molecule has 0 unspecified atom stereocenters. The predicted octanol–water partition coefficient (Wildman–Crippen LogP) is 2.11. The molecular weight excluding hydrogens is 260 g/mol. The fraction of sp³-hybridized carbons (Fsp3) is 0.364. The number of ether oxygens (including phenoxy) is 1. The zero-order valence-electron chi connectivity index (χ0n) is 8.29. The molecule has 4 heteroatoms. The van der Waals surface area contributed by atoms with Crippen LogP contribution < -0.4 is 0 Å². The van der Waals surface area contributed by atoms with Gasteiger partial charge < -0.3 is 9.84 Å². The average Bonchev–Trinajstić information content (AvgIpc) is 2.08. The first-order chi connectivity index (χ1) is 7.06. The summed E-state index contributed by atoms with van der Waals surface area (Å²) in [6, 6.07) is 5.70. The van der Waals surface area contributed by atoms with Crippen molar-refractivity contribution in [3.63, 3.8) is 0 Å². The Hall–Kier alpha value is -0.870. The third-order valence-electron chi connectivity index (χ3n) is 2.82. The number of carboxylic acids is 1. The van der Waals surface area contributed by atoms with Crippen molar-refractivity contribution in [3.8, 4) is 0 Å². The van der Waals surface area contributed by atoms with Crippen LogP contribution in [0, 0.1) is 6.92 Å². The molecule has 1 aromatic carbocycles. The molecule has 15 heavy (non-hydrogen) atoms. The monoisotopic (exact) mass is 270 g/mol. The Morgan fingerprint density at radius 2 is 2.20 bits per heavy atom. The Morgan fingerprint density at radius 1 is 1.53 bits per heavy atom. The number of hydrogen-bond donors (Lipinski definition) is 1. The molecule has 1 aliphatic heterocycles. The highest BCUT2D eigenvalue weighted by atomic mass is 79.9. The van der Waals surface area contributed by atoms with Gasteiger partial charge in [0, 0.05) is 4.47 Å². The molecule has 1 fully saturated rings. The van der Waals surface area contributed by atoms with Gasteiger partial charge in [-0.3, -0.25) is 4.79 Å². The van der Waals surface area contributed by atoms with Crippen LogP contribution in [-0.2, 0) is 14.9 Å². The van der Waals surface area contributed by atoms with Crippen LogP contribution in [0.15, 0.2) is 22.7 Å². The molecule has 1 N–H and O–H groups in total. The Bertz CT molecular complexity index is 410. The van der Waals surface area contributed by atoms with Crippen molar-refractivity contribution < 1.29 is 14.6 Å². The number of hydrogen-bond acceptors (Lipinski definition) is 2. The zero-order chi connectivity index (χ0) is 11.1. The number of carbonyl (C=O) groups is 1. The van der Waals surface area contributed by atoms with E-state index >= 15 is 0 Å². The summed E-state index contributed by atoms with van der Waals surface area (Å²) < 4.78 is 5.95. The lowest BCUT2D eigenvalue weighted by Crippen LogP contribution is -2.53. The second-order valence-electron chi connectivity index (χ2n) is 3.84. The van der Waals surface area contributed by atoms with E-state index < -0.39 is 11.4 Å². The molecule has 0 bridgehead atoms. The molecule has 1 aromatic rings. The highest BCUT2D eigenvalue weighted by Crippen LogP contribution is 2.36. The molecule has 0 atom stereocenters. The highest BCUT2D eigenvalue weighted by Gasteiger charge is 2.48. The first-order valence-electron chi connectivity index (χ1n) is 4.64. The molecule has 1 saturated heterocycles. The lowest BCUT2D eigenvalue weighted by Gasteiger charge is -2.38. The van der Waals surface area contributed by atoms with E-state index in [9.17, 15) is 9.90 Å². The van der Waals surface area contributed by atoms with E-state index in [1.165, 1.54) is 0 Å². The van der Waals surface area contributed by atoms with Crippen LogP contribution in [0.2, 0.25) is 0 Å². The fourth-order valence-corrected chi connectivity index (χ4v) is 2.17. The summed E-state index contributed by atoms with van der Waals surface area (Å²) in [5, 5.41) is 9.26. The standard InChI is InChI=1S/C11H11BrO3/c1-7-2-3-8(12)4-9(7)11(10(13)14)5-15-6-11/h2-4H,5-6H2,1H3,(H,13,14). The molecule has 0 spiro atoms. The van der Waals surface area contributed by atoms with Crippen molar-refractivity contribution in [1.29, 1.82) is 0 Å². The van der Waals surface area contributed by atoms with Crippen LogP contribution in [0.4, 0.5) is 0 Å². The molecule has 1 heterocycles. The van der Waals surface area contributed by atoms with Crippen molar-refractivity contribution in [2.45, 2.75) is 12.3 Å². The quantitative estimate of drug-likeness (QED) is 0.896. The summed E-state index contributed by atoms with van der Waals surface area (Å²) in [7, 11) is 0. The van der Waals surface area contributed by atoms with Gasteiger partial charge in [-0.1, -0.05) is 22.0 Å². The van der Waals surface area contributed by atoms with Gasteiger partial charge in [-0.25, -0.2) is 0 Å². The molecule has 0 aromatic heterocycles. The van der Waals surface area contributed by atoms with E-state index in [0.717, 1.165) is 15.6 Å². The first kappa shape index (κ1) is 10.6. The molecular formula is C11H11BrO3.